The van der Waals surface area contributed by atoms with E-state index in [1.54, 1.807) is 54.6 Å². The topological polar surface area (TPSA) is 162 Å². The van der Waals surface area contributed by atoms with Crippen LogP contribution in [-0.2, 0) is 5.72 Å². The van der Waals surface area contributed by atoms with Crippen LogP contribution in [0.1, 0.15) is 31.8 Å². The Hall–Kier alpha value is -4.70. The van der Waals surface area contributed by atoms with Crippen molar-refractivity contribution < 1.29 is 24.6 Å². The molecule has 1 aromatic heterocycles. The van der Waals surface area contributed by atoms with Crippen LogP contribution >= 0.6 is 0 Å². The minimum absolute atomic E-state index is 0.0237. The Kier molecular flexibility index (Phi) is 4.40. The maximum atomic E-state index is 13.4. The van der Waals surface area contributed by atoms with Crippen LogP contribution in [-0.4, -0.2) is 38.1 Å². The molecular formula is C23H17N5O5. The number of carbonyl (C=O) groups is 3. The summed E-state index contributed by atoms with van der Waals surface area (Å²) in [7, 11) is 0. The van der Waals surface area contributed by atoms with Crippen LogP contribution in [0.5, 0.6) is 0 Å². The van der Waals surface area contributed by atoms with Crippen molar-refractivity contribution in [2.45, 2.75) is 5.72 Å². The molecule has 1 aliphatic heterocycles. The highest BCUT2D eigenvalue weighted by atomic mass is 16.4. The van der Waals surface area contributed by atoms with Gasteiger partial charge >= 0.3 is 6.09 Å². The molecule has 1 atom stereocenters. The summed E-state index contributed by atoms with van der Waals surface area (Å²) >= 11 is 0. The van der Waals surface area contributed by atoms with E-state index in [0.29, 0.717) is 27.7 Å². The lowest BCUT2D eigenvalue weighted by atomic mass is 9.93. The van der Waals surface area contributed by atoms with E-state index in [9.17, 15) is 19.5 Å². The first-order valence-electron chi connectivity index (χ1n) is 9.85. The Morgan fingerprint density at radius 2 is 1.85 bits per heavy atom. The molecular weight excluding hydrogens is 426 g/mol. The number of H-pyrrole nitrogens is 1. The number of anilines is 2. The minimum atomic E-state index is -1.92. The van der Waals surface area contributed by atoms with Gasteiger partial charge in [-0.3, -0.25) is 19.8 Å². The number of benzene rings is 3. The van der Waals surface area contributed by atoms with Crippen molar-refractivity contribution >= 4 is 40.6 Å². The fraction of sp³-hybridized carbons (Fsp3) is 0.0435. The second-order valence-electron chi connectivity index (χ2n) is 7.52. The van der Waals surface area contributed by atoms with E-state index in [-0.39, 0.29) is 17.2 Å². The molecule has 5 rings (SSSR count). The molecule has 0 saturated heterocycles. The van der Waals surface area contributed by atoms with Crippen LogP contribution in [0, 0.1) is 0 Å². The Morgan fingerprint density at radius 1 is 1.06 bits per heavy atom. The molecule has 0 saturated carbocycles. The first kappa shape index (κ1) is 20.2. The lowest BCUT2D eigenvalue weighted by molar-refractivity contribution is 0.0703. The third-order valence-electron chi connectivity index (χ3n) is 5.56. The maximum absolute atomic E-state index is 13.4. The van der Waals surface area contributed by atoms with Crippen molar-refractivity contribution in [1.82, 2.24) is 9.97 Å². The molecule has 0 aliphatic carbocycles. The van der Waals surface area contributed by atoms with E-state index >= 15 is 0 Å². The zero-order valence-corrected chi connectivity index (χ0v) is 16.9. The zero-order valence-electron chi connectivity index (χ0n) is 16.9. The van der Waals surface area contributed by atoms with Gasteiger partial charge in [0.1, 0.15) is 0 Å². The van der Waals surface area contributed by atoms with Crippen LogP contribution in [0.25, 0.3) is 11.0 Å². The number of imidazole rings is 1. The number of carbonyl (C=O) groups excluding carboxylic acids is 2. The van der Waals surface area contributed by atoms with Gasteiger partial charge in [-0.2, -0.15) is 0 Å². The predicted octanol–water partition coefficient (Wildman–Crippen LogP) is 2.61. The monoisotopic (exact) mass is 443 g/mol. The van der Waals surface area contributed by atoms with E-state index in [2.05, 4.69) is 15.3 Å². The lowest BCUT2D eigenvalue weighted by Crippen LogP contribution is -2.45. The lowest BCUT2D eigenvalue weighted by Gasteiger charge is -2.35. The van der Waals surface area contributed by atoms with Gasteiger partial charge in [0, 0.05) is 27.9 Å². The Bertz CT molecular complexity index is 1460. The molecule has 2 heterocycles. The number of amides is 3. The molecule has 10 heteroatoms. The summed E-state index contributed by atoms with van der Waals surface area (Å²) in [5.41, 5.74) is 5.87. The Balaban J connectivity index is 1.71. The van der Waals surface area contributed by atoms with Crippen molar-refractivity contribution in [3.05, 3.63) is 89.0 Å². The van der Waals surface area contributed by atoms with Gasteiger partial charge in [0.25, 0.3) is 5.91 Å². The first-order chi connectivity index (χ1) is 15.8. The quantitative estimate of drug-likeness (QED) is 0.326. The summed E-state index contributed by atoms with van der Waals surface area (Å²) in [6.45, 7) is 0. The summed E-state index contributed by atoms with van der Waals surface area (Å²) < 4.78 is 0. The summed E-state index contributed by atoms with van der Waals surface area (Å²) in [6, 6.07) is 17.6. The number of aromatic nitrogens is 2. The summed E-state index contributed by atoms with van der Waals surface area (Å²) in [6.07, 6.45) is -1.27. The van der Waals surface area contributed by atoms with Gasteiger partial charge in [0.05, 0.1) is 11.0 Å². The average Bonchev–Trinajstić information content (AvgIpc) is 3.29. The summed E-state index contributed by atoms with van der Waals surface area (Å²) in [4.78, 5) is 44.3. The van der Waals surface area contributed by atoms with Gasteiger partial charge in [-0.1, -0.05) is 30.3 Å². The van der Waals surface area contributed by atoms with Gasteiger partial charge < -0.3 is 20.9 Å². The SMILES string of the molecule is NC(=O)c1cccc(N2C(=O)c3ccccc3C2(O)c2ccc3[nH]c(NC(=O)O)nc3c2)c1. The van der Waals surface area contributed by atoms with Crippen LogP contribution in [0.2, 0.25) is 0 Å². The molecule has 3 aromatic carbocycles. The minimum Gasteiger partial charge on any atom is -0.465 e. The average molecular weight is 443 g/mol. The van der Waals surface area contributed by atoms with Gasteiger partial charge in [-0.25, -0.2) is 9.78 Å². The second kappa shape index (κ2) is 7.18. The Labute approximate surface area is 186 Å². The molecule has 33 heavy (non-hydrogen) atoms. The van der Waals surface area contributed by atoms with Crippen molar-refractivity contribution in [3.63, 3.8) is 0 Å². The highest BCUT2D eigenvalue weighted by Crippen LogP contribution is 2.45. The standard InChI is InChI=1S/C23H17N5O5/c24-19(29)12-4-3-5-14(10-12)28-20(30)15-6-1-2-7-16(15)23(28,33)13-8-9-17-18(11-13)26-21(25-17)27-22(31)32/h1-11,33H,(H2,24,29)(H,31,32)(H2,25,26,27). The van der Waals surface area contributed by atoms with Crippen LogP contribution in [0.15, 0.2) is 66.7 Å². The number of hydrogen-bond donors (Lipinski definition) is 5. The van der Waals surface area contributed by atoms with Crippen LogP contribution in [0.4, 0.5) is 16.4 Å². The third kappa shape index (κ3) is 3.08. The van der Waals surface area contributed by atoms with Gasteiger partial charge in [0.15, 0.2) is 5.72 Å². The highest BCUT2D eigenvalue weighted by Gasteiger charge is 2.50. The molecule has 1 aliphatic rings. The zero-order chi connectivity index (χ0) is 23.3. The van der Waals surface area contributed by atoms with Crippen molar-refractivity contribution in [1.29, 1.82) is 0 Å². The number of nitrogens with one attached hydrogen (secondary N) is 2. The van der Waals surface area contributed by atoms with E-state index < -0.39 is 23.6 Å². The molecule has 164 valence electrons. The number of nitrogens with two attached hydrogens (primary N) is 1. The molecule has 3 amide bonds. The first-order valence-corrected chi connectivity index (χ1v) is 9.85. The number of hydrogen-bond acceptors (Lipinski definition) is 5. The van der Waals surface area contributed by atoms with Crippen LogP contribution in [0.3, 0.4) is 0 Å². The molecule has 1 unspecified atom stereocenters. The van der Waals surface area contributed by atoms with Gasteiger partial charge in [-0.05, 0) is 36.4 Å². The summed E-state index contributed by atoms with van der Waals surface area (Å²) in [5.74, 6) is -1.10. The molecule has 6 N–H and O–H groups in total. The normalized spacial score (nSPS) is 17.2. The van der Waals surface area contributed by atoms with Crippen molar-refractivity contribution in [3.8, 4) is 0 Å². The number of rotatable bonds is 4. The largest absolute Gasteiger partial charge is 0.465 e. The number of primary amides is 1. The molecule has 0 bridgehead atoms. The molecule has 0 fully saturated rings. The smallest absolute Gasteiger partial charge is 0.411 e. The van der Waals surface area contributed by atoms with Crippen molar-refractivity contribution in [2.24, 2.45) is 5.73 Å². The second-order valence-corrected chi connectivity index (χ2v) is 7.52. The summed E-state index contributed by atoms with van der Waals surface area (Å²) in [5, 5.41) is 23.2. The molecule has 10 nitrogen and oxygen atoms in total. The fourth-order valence-electron chi connectivity index (χ4n) is 4.13. The molecule has 4 aromatic rings. The number of fused-ring (bicyclic) bond motifs is 2. The predicted molar refractivity (Wildman–Crippen MR) is 119 cm³/mol. The number of carboxylic acid groups (broad SMARTS) is 1. The maximum Gasteiger partial charge on any atom is 0.411 e. The molecule has 0 radical (unpaired) electrons. The van der Waals surface area contributed by atoms with Crippen molar-refractivity contribution in [2.75, 3.05) is 10.2 Å². The fourth-order valence-corrected chi connectivity index (χ4v) is 4.13. The van der Waals surface area contributed by atoms with E-state index in [1.807, 2.05) is 0 Å². The third-order valence-corrected chi connectivity index (χ3v) is 5.56. The number of nitrogens with zero attached hydrogens (tertiary/aromatic N) is 2. The van der Waals surface area contributed by atoms with Gasteiger partial charge in [-0.15, -0.1) is 0 Å². The van der Waals surface area contributed by atoms with E-state index in [4.69, 9.17) is 10.8 Å². The Morgan fingerprint density at radius 3 is 2.61 bits per heavy atom. The van der Waals surface area contributed by atoms with Crippen LogP contribution < -0.4 is 16.0 Å². The van der Waals surface area contributed by atoms with E-state index in [0.717, 1.165) is 0 Å². The molecule has 0 spiro atoms. The number of aliphatic hydroxyl groups is 1. The highest BCUT2D eigenvalue weighted by molar-refractivity contribution is 6.13. The van der Waals surface area contributed by atoms with Gasteiger partial charge in [0.2, 0.25) is 11.9 Å². The number of aromatic amines is 1. The van der Waals surface area contributed by atoms with E-state index in [1.165, 1.54) is 17.0 Å².